The molecule has 0 saturated heterocycles. The molecule has 0 bridgehead atoms. The SMILES string of the molecule is CCOc1cccc(C(O)c2ncc(OC)nc2OC)c1. The zero-order valence-corrected chi connectivity index (χ0v) is 12.2. The van der Waals surface area contributed by atoms with Crippen LogP contribution in [-0.4, -0.2) is 35.9 Å². The predicted molar refractivity (Wildman–Crippen MR) is 76.8 cm³/mol. The minimum atomic E-state index is -0.959. The summed E-state index contributed by atoms with van der Waals surface area (Å²) in [5.74, 6) is 1.24. The third kappa shape index (κ3) is 3.41. The topological polar surface area (TPSA) is 73.7 Å². The Balaban J connectivity index is 2.34. The smallest absolute Gasteiger partial charge is 0.241 e. The Morgan fingerprint density at radius 2 is 2.05 bits per heavy atom. The van der Waals surface area contributed by atoms with E-state index in [1.54, 1.807) is 12.1 Å². The molecule has 0 aliphatic rings. The summed E-state index contributed by atoms with van der Waals surface area (Å²) < 4.78 is 15.6. The molecule has 2 rings (SSSR count). The molecule has 0 spiro atoms. The van der Waals surface area contributed by atoms with Crippen LogP contribution in [0.1, 0.15) is 24.3 Å². The van der Waals surface area contributed by atoms with Crippen molar-refractivity contribution in [2.24, 2.45) is 0 Å². The van der Waals surface area contributed by atoms with Crippen molar-refractivity contribution in [3.05, 3.63) is 41.7 Å². The molecule has 0 aliphatic carbocycles. The fraction of sp³-hybridized carbons (Fsp3) is 0.333. The molecular weight excluding hydrogens is 272 g/mol. The Bertz CT molecular complexity index is 604. The molecule has 1 atom stereocenters. The maximum atomic E-state index is 10.5. The summed E-state index contributed by atoms with van der Waals surface area (Å²) in [5.41, 5.74) is 0.977. The van der Waals surface area contributed by atoms with Gasteiger partial charge in [-0.2, -0.15) is 4.98 Å². The summed E-state index contributed by atoms with van der Waals surface area (Å²) in [6.07, 6.45) is 0.478. The minimum Gasteiger partial charge on any atom is -0.494 e. The molecule has 0 fully saturated rings. The molecule has 6 nitrogen and oxygen atoms in total. The van der Waals surface area contributed by atoms with Crippen LogP contribution in [0.2, 0.25) is 0 Å². The number of rotatable bonds is 6. The Morgan fingerprint density at radius 1 is 1.24 bits per heavy atom. The molecule has 1 N–H and O–H groups in total. The van der Waals surface area contributed by atoms with Crippen molar-refractivity contribution in [1.82, 2.24) is 9.97 Å². The first-order chi connectivity index (χ1) is 10.2. The zero-order valence-electron chi connectivity index (χ0n) is 12.2. The number of hydrogen-bond acceptors (Lipinski definition) is 6. The van der Waals surface area contributed by atoms with Crippen LogP contribution in [0.25, 0.3) is 0 Å². The Morgan fingerprint density at radius 3 is 2.71 bits per heavy atom. The second-order valence-corrected chi connectivity index (χ2v) is 4.21. The van der Waals surface area contributed by atoms with Gasteiger partial charge in [0.05, 0.1) is 27.0 Å². The van der Waals surface area contributed by atoms with Crippen LogP contribution < -0.4 is 14.2 Å². The minimum absolute atomic E-state index is 0.226. The molecule has 1 aromatic heterocycles. The predicted octanol–water partition coefficient (Wildman–Crippen LogP) is 1.97. The van der Waals surface area contributed by atoms with Gasteiger partial charge in [0, 0.05) is 0 Å². The van der Waals surface area contributed by atoms with E-state index in [1.165, 1.54) is 20.4 Å². The quantitative estimate of drug-likeness (QED) is 0.877. The molecule has 21 heavy (non-hydrogen) atoms. The average molecular weight is 290 g/mol. The summed E-state index contributed by atoms with van der Waals surface area (Å²) in [5, 5.41) is 10.5. The molecule has 2 aromatic rings. The number of hydrogen-bond donors (Lipinski definition) is 1. The van der Waals surface area contributed by atoms with Crippen molar-refractivity contribution < 1.29 is 19.3 Å². The second kappa shape index (κ2) is 6.90. The number of benzene rings is 1. The van der Waals surface area contributed by atoms with E-state index in [-0.39, 0.29) is 5.88 Å². The van der Waals surface area contributed by atoms with E-state index < -0.39 is 6.10 Å². The van der Waals surface area contributed by atoms with E-state index in [4.69, 9.17) is 14.2 Å². The number of aromatic nitrogens is 2. The average Bonchev–Trinajstić information content (AvgIpc) is 2.54. The highest BCUT2D eigenvalue weighted by molar-refractivity contribution is 5.36. The number of aliphatic hydroxyl groups is 1. The van der Waals surface area contributed by atoms with Gasteiger partial charge < -0.3 is 19.3 Å². The molecule has 0 aliphatic heterocycles. The van der Waals surface area contributed by atoms with Gasteiger partial charge in [-0.15, -0.1) is 0 Å². The number of ether oxygens (including phenoxy) is 3. The Hall–Kier alpha value is -2.34. The van der Waals surface area contributed by atoms with Crippen LogP contribution in [0.4, 0.5) is 0 Å². The molecule has 1 aromatic carbocycles. The molecular formula is C15H18N2O4. The lowest BCUT2D eigenvalue weighted by molar-refractivity contribution is 0.206. The van der Waals surface area contributed by atoms with Gasteiger partial charge in [0.25, 0.3) is 0 Å². The first-order valence-electron chi connectivity index (χ1n) is 6.55. The molecule has 112 valence electrons. The van der Waals surface area contributed by atoms with Crippen LogP contribution >= 0.6 is 0 Å². The van der Waals surface area contributed by atoms with E-state index in [1.807, 2.05) is 19.1 Å². The maximum absolute atomic E-state index is 10.5. The van der Waals surface area contributed by atoms with Gasteiger partial charge in [-0.05, 0) is 24.6 Å². The summed E-state index contributed by atoms with van der Waals surface area (Å²) in [7, 11) is 2.96. The van der Waals surface area contributed by atoms with Crippen molar-refractivity contribution in [3.63, 3.8) is 0 Å². The van der Waals surface area contributed by atoms with E-state index in [9.17, 15) is 5.11 Å². The molecule has 1 heterocycles. The van der Waals surface area contributed by atoms with Gasteiger partial charge in [-0.3, -0.25) is 0 Å². The van der Waals surface area contributed by atoms with Crippen molar-refractivity contribution in [1.29, 1.82) is 0 Å². The van der Waals surface area contributed by atoms with E-state index in [0.717, 1.165) is 0 Å². The molecule has 0 radical (unpaired) electrons. The van der Waals surface area contributed by atoms with Crippen molar-refractivity contribution in [2.45, 2.75) is 13.0 Å². The van der Waals surface area contributed by atoms with Crippen LogP contribution in [0.15, 0.2) is 30.5 Å². The molecule has 0 amide bonds. The third-order valence-corrected chi connectivity index (χ3v) is 2.89. The first kappa shape index (κ1) is 15.1. The lowest BCUT2D eigenvalue weighted by Gasteiger charge is -2.14. The van der Waals surface area contributed by atoms with Crippen molar-refractivity contribution in [2.75, 3.05) is 20.8 Å². The van der Waals surface area contributed by atoms with Crippen LogP contribution in [0.5, 0.6) is 17.5 Å². The van der Waals surface area contributed by atoms with Gasteiger partial charge in [-0.25, -0.2) is 4.98 Å². The Labute approximate surface area is 123 Å². The number of aliphatic hydroxyl groups excluding tert-OH is 1. The monoisotopic (exact) mass is 290 g/mol. The van der Waals surface area contributed by atoms with E-state index in [0.29, 0.717) is 29.5 Å². The molecule has 1 unspecified atom stereocenters. The van der Waals surface area contributed by atoms with Crippen LogP contribution in [0, 0.1) is 0 Å². The number of nitrogens with zero attached hydrogens (tertiary/aromatic N) is 2. The summed E-state index contributed by atoms with van der Waals surface area (Å²) in [6.45, 7) is 2.46. The van der Waals surface area contributed by atoms with Gasteiger partial charge in [0.2, 0.25) is 11.8 Å². The third-order valence-electron chi connectivity index (χ3n) is 2.89. The van der Waals surface area contributed by atoms with Gasteiger partial charge >= 0.3 is 0 Å². The summed E-state index contributed by atoms with van der Waals surface area (Å²) in [4.78, 5) is 8.29. The van der Waals surface area contributed by atoms with Crippen molar-refractivity contribution in [3.8, 4) is 17.5 Å². The van der Waals surface area contributed by atoms with Gasteiger partial charge in [-0.1, -0.05) is 12.1 Å². The highest BCUT2D eigenvalue weighted by Gasteiger charge is 2.19. The highest BCUT2D eigenvalue weighted by Crippen LogP contribution is 2.29. The number of methoxy groups -OCH3 is 2. The zero-order chi connectivity index (χ0) is 15.2. The standard InChI is InChI=1S/C15H18N2O4/c1-4-21-11-7-5-6-10(8-11)14(18)13-15(20-3)17-12(19-2)9-16-13/h5-9,14,18H,4H2,1-3H3. The van der Waals surface area contributed by atoms with Crippen LogP contribution in [-0.2, 0) is 0 Å². The molecule has 6 heteroatoms. The molecule has 0 saturated carbocycles. The van der Waals surface area contributed by atoms with Crippen molar-refractivity contribution >= 4 is 0 Å². The first-order valence-corrected chi connectivity index (χ1v) is 6.55. The summed E-state index contributed by atoms with van der Waals surface area (Å²) >= 11 is 0. The highest BCUT2D eigenvalue weighted by atomic mass is 16.5. The normalized spacial score (nSPS) is 11.8. The fourth-order valence-electron chi connectivity index (χ4n) is 1.90. The Kier molecular flexibility index (Phi) is 4.94. The second-order valence-electron chi connectivity index (χ2n) is 4.21. The largest absolute Gasteiger partial charge is 0.494 e. The van der Waals surface area contributed by atoms with E-state index >= 15 is 0 Å². The fourth-order valence-corrected chi connectivity index (χ4v) is 1.90. The lowest BCUT2D eigenvalue weighted by Crippen LogP contribution is -2.07. The van der Waals surface area contributed by atoms with Gasteiger partial charge in [0.1, 0.15) is 17.5 Å². The van der Waals surface area contributed by atoms with E-state index in [2.05, 4.69) is 9.97 Å². The van der Waals surface area contributed by atoms with Crippen LogP contribution in [0.3, 0.4) is 0 Å². The lowest BCUT2D eigenvalue weighted by atomic mass is 10.1. The van der Waals surface area contributed by atoms with Gasteiger partial charge in [0.15, 0.2) is 0 Å². The summed E-state index contributed by atoms with van der Waals surface area (Å²) in [6, 6.07) is 7.20. The maximum Gasteiger partial charge on any atom is 0.241 e.